The van der Waals surface area contributed by atoms with Crippen molar-refractivity contribution in [3.8, 4) is 0 Å². The summed E-state index contributed by atoms with van der Waals surface area (Å²) in [6.07, 6.45) is 6.90. The Balaban J connectivity index is 1.76. The van der Waals surface area contributed by atoms with Crippen molar-refractivity contribution in [3.05, 3.63) is 23.9 Å². The van der Waals surface area contributed by atoms with Gasteiger partial charge in [0, 0.05) is 31.8 Å². The van der Waals surface area contributed by atoms with Gasteiger partial charge in [0.1, 0.15) is 5.84 Å². The summed E-state index contributed by atoms with van der Waals surface area (Å²) in [5.41, 5.74) is 2.00. The van der Waals surface area contributed by atoms with Crippen LogP contribution in [0.5, 0.6) is 0 Å². The minimum absolute atomic E-state index is 0.374. The zero-order valence-corrected chi connectivity index (χ0v) is 9.97. The Morgan fingerprint density at radius 2 is 2.50 bits per heavy atom. The largest absolute Gasteiger partial charge is 0.353 e. The fourth-order valence-electron chi connectivity index (χ4n) is 2.50. The van der Waals surface area contributed by atoms with Gasteiger partial charge in [-0.2, -0.15) is 0 Å². The second kappa shape index (κ2) is 4.55. The van der Waals surface area contributed by atoms with Gasteiger partial charge in [0.05, 0.1) is 11.6 Å². The van der Waals surface area contributed by atoms with Gasteiger partial charge >= 0.3 is 0 Å². The quantitative estimate of drug-likeness (QED) is 0.443. The Morgan fingerprint density at radius 1 is 1.61 bits per heavy atom. The van der Waals surface area contributed by atoms with Crippen molar-refractivity contribution in [3.63, 3.8) is 0 Å². The number of nitrogens with zero attached hydrogens (tertiary/aromatic N) is 2. The van der Waals surface area contributed by atoms with E-state index in [4.69, 9.17) is 5.21 Å². The molecule has 0 aromatic heterocycles. The smallest absolute Gasteiger partial charge is 0.276 e. The van der Waals surface area contributed by atoms with Crippen LogP contribution in [0.15, 0.2) is 28.9 Å². The topological polar surface area (TPSA) is 77.0 Å². The summed E-state index contributed by atoms with van der Waals surface area (Å²) in [7, 11) is 0. The van der Waals surface area contributed by atoms with Crippen molar-refractivity contribution in [1.82, 2.24) is 15.7 Å². The van der Waals surface area contributed by atoms with Gasteiger partial charge in [-0.3, -0.25) is 10.0 Å². The lowest BCUT2D eigenvalue weighted by atomic mass is 9.88. The third-order valence-electron chi connectivity index (χ3n) is 3.73. The van der Waals surface area contributed by atoms with Crippen LogP contribution >= 0.6 is 0 Å². The van der Waals surface area contributed by atoms with Crippen LogP contribution in [0, 0.1) is 0 Å². The summed E-state index contributed by atoms with van der Waals surface area (Å²) < 4.78 is 0. The standard InChI is InChI=1S/C12H16N4O2/c17-12(15-18)8-3-1-2-4-11(14-5-8)16-7-9-10(16)6-13-9/h1,3,5,9-10,13,18H,2,4,6-7H2,(H,15,17)/b3-1-,8-5+,14-11?. The Hall–Kier alpha value is -1.66. The molecule has 96 valence electrons. The molecule has 2 unspecified atom stereocenters. The highest BCUT2D eigenvalue weighted by Gasteiger charge is 2.46. The molecule has 3 N–H and O–H groups in total. The molecule has 0 aliphatic carbocycles. The molecule has 3 rings (SSSR count). The average molecular weight is 248 g/mol. The van der Waals surface area contributed by atoms with Crippen LogP contribution in [0.1, 0.15) is 12.8 Å². The van der Waals surface area contributed by atoms with Gasteiger partial charge < -0.3 is 10.2 Å². The lowest BCUT2D eigenvalue weighted by Gasteiger charge is -2.57. The summed E-state index contributed by atoms with van der Waals surface area (Å²) >= 11 is 0. The lowest BCUT2D eigenvalue weighted by molar-refractivity contribution is -0.124. The molecule has 1 amide bonds. The van der Waals surface area contributed by atoms with Gasteiger partial charge in [0.25, 0.3) is 5.91 Å². The van der Waals surface area contributed by atoms with E-state index in [1.807, 2.05) is 6.08 Å². The predicted molar refractivity (Wildman–Crippen MR) is 66.1 cm³/mol. The van der Waals surface area contributed by atoms with Crippen LogP contribution in [-0.4, -0.2) is 47.0 Å². The normalized spacial score (nSPS) is 34.6. The summed E-state index contributed by atoms with van der Waals surface area (Å²) in [5, 5.41) is 12.0. The molecule has 0 saturated carbocycles. The zero-order chi connectivity index (χ0) is 12.5. The van der Waals surface area contributed by atoms with Gasteiger partial charge in [-0.15, -0.1) is 0 Å². The van der Waals surface area contributed by atoms with Crippen molar-refractivity contribution in [1.29, 1.82) is 0 Å². The predicted octanol–water partition coefficient (Wildman–Crippen LogP) is -0.220. The van der Waals surface area contributed by atoms with Gasteiger partial charge in [0.2, 0.25) is 0 Å². The number of nitrogens with one attached hydrogen (secondary N) is 2. The first kappa shape index (κ1) is 11.4. The Bertz CT molecular complexity index is 455. The maximum absolute atomic E-state index is 11.3. The lowest BCUT2D eigenvalue weighted by Crippen LogP contribution is -2.78. The SMILES string of the molecule is O=C(NO)C1=C/N=C(N2CC3NCC32)CC/C=C\1. The number of aliphatic imine (C=N–C) groups is 1. The van der Waals surface area contributed by atoms with Gasteiger partial charge in [-0.05, 0) is 6.42 Å². The van der Waals surface area contributed by atoms with Crippen LogP contribution in [-0.2, 0) is 4.79 Å². The number of hydrogen-bond acceptors (Lipinski definition) is 5. The third kappa shape index (κ3) is 1.83. The van der Waals surface area contributed by atoms with E-state index in [0.29, 0.717) is 17.7 Å². The first-order chi connectivity index (χ1) is 8.79. The van der Waals surface area contributed by atoms with Crippen molar-refractivity contribution < 1.29 is 10.0 Å². The highest BCUT2D eigenvalue weighted by atomic mass is 16.5. The van der Waals surface area contributed by atoms with E-state index in [2.05, 4.69) is 15.2 Å². The monoisotopic (exact) mass is 248 g/mol. The number of carbonyl (C=O) groups excluding carboxylic acids is 1. The first-order valence-corrected chi connectivity index (χ1v) is 6.17. The van der Waals surface area contributed by atoms with Crippen molar-refractivity contribution in [2.75, 3.05) is 13.1 Å². The van der Waals surface area contributed by atoms with E-state index in [-0.39, 0.29) is 0 Å². The fraction of sp³-hybridized carbons (Fsp3) is 0.500. The van der Waals surface area contributed by atoms with Crippen molar-refractivity contribution in [2.45, 2.75) is 24.9 Å². The molecule has 0 bridgehead atoms. The summed E-state index contributed by atoms with van der Waals surface area (Å²) in [6.45, 7) is 2.02. The van der Waals surface area contributed by atoms with E-state index in [0.717, 1.165) is 31.8 Å². The summed E-state index contributed by atoms with van der Waals surface area (Å²) in [6, 6.07) is 1.20. The van der Waals surface area contributed by atoms with Crippen LogP contribution in [0.4, 0.5) is 0 Å². The number of carbonyl (C=O) groups is 1. The fourth-order valence-corrected chi connectivity index (χ4v) is 2.50. The van der Waals surface area contributed by atoms with Crippen LogP contribution in [0.25, 0.3) is 0 Å². The average Bonchev–Trinajstić information content (AvgIpc) is 2.33. The van der Waals surface area contributed by atoms with E-state index in [9.17, 15) is 4.79 Å². The van der Waals surface area contributed by atoms with Crippen molar-refractivity contribution >= 4 is 11.7 Å². The molecule has 2 fully saturated rings. The molecule has 0 aromatic carbocycles. The summed E-state index contributed by atoms with van der Waals surface area (Å²) in [5.74, 6) is 0.508. The number of hydrogen-bond donors (Lipinski definition) is 3. The molecule has 3 aliphatic heterocycles. The molecule has 2 atom stereocenters. The molecule has 3 aliphatic rings. The highest BCUT2D eigenvalue weighted by Crippen LogP contribution is 2.26. The maximum atomic E-state index is 11.3. The molecular formula is C12H16N4O2. The molecule has 3 heterocycles. The van der Waals surface area contributed by atoms with Crippen LogP contribution in [0.3, 0.4) is 0 Å². The number of piperazine rings is 1. The minimum Gasteiger partial charge on any atom is -0.353 e. The molecule has 0 radical (unpaired) electrons. The number of allylic oxidation sites excluding steroid dienone is 1. The number of fused-ring (bicyclic) bond motifs is 1. The van der Waals surface area contributed by atoms with Gasteiger partial charge in [-0.25, -0.2) is 10.5 Å². The van der Waals surface area contributed by atoms with Gasteiger partial charge in [0.15, 0.2) is 0 Å². The second-order valence-electron chi connectivity index (χ2n) is 4.75. The Labute approximate surface area is 105 Å². The maximum Gasteiger partial charge on any atom is 0.276 e. The number of hydroxylamine groups is 1. The number of likely N-dealkylation sites (tertiary alicyclic amines) is 1. The second-order valence-corrected chi connectivity index (χ2v) is 4.75. The van der Waals surface area contributed by atoms with Gasteiger partial charge in [-0.1, -0.05) is 12.2 Å². The zero-order valence-electron chi connectivity index (χ0n) is 9.97. The Morgan fingerprint density at radius 3 is 3.11 bits per heavy atom. The molecule has 0 aromatic rings. The highest BCUT2D eigenvalue weighted by molar-refractivity contribution is 5.96. The molecule has 0 spiro atoms. The van der Waals surface area contributed by atoms with E-state index in [1.165, 1.54) is 6.20 Å². The van der Waals surface area contributed by atoms with E-state index >= 15 is 0 Å². The molecule has 6 heteroatoms. The first-order valence-electron chi connectivity index (χ1n) is 6.17. The van der Waals surface area contributed by atoms with E-state index < -0.39 is 5.91 Å². The van der Waals surface area contributed by atoms with Crippen molar-refractivity contribution in [2.24, 2.45) is 4.99 Å². The molecular weight excluding hydrogens is 232 g/mol. The molecule has 2 saturated heterocycles. The summed E-state index contributed by atoms with van der Waals surface area (Å²) in [4.78, 5) is 18.0. The van der Waals surface area contributed by atoms with Crippen LogP contribution in [0.2, 0.25) is 0 Å². The van der Waals surface area contributed by atoms with Crippen LogP contribution < -0.4 is 10.8 Å². The minimum atomic E-state index is -0.525. The molecule has 6 nitrogen and oxygen atoms in total. The third-order valence-corrected chi connectivity index (χ3v) is 3.73. The van der Waals surface area contributed by atoms with E-state index in [1.54, 1.807) is 11.6 Å². The Kier molecular flexibility index (Phi) is 2.89. The number of amidine groups is 1. The number of rotatable bonds is 1. The number of amides is 1. The molecule has 18 heavy (non-hydrogen) atoms.